The van der Waals surface area contributed by atoms with Crippen molar-refractivity contribution in [1.29, 1.82) is 0 Å². The van der Waals surface area contributed by atoms with E-state index in [0.717, 1.165) is 12.0 Å². The molecule has 0 bridgehead atoms. The van der Waals surface area contributed by atoms with Crippen LogP contribution in [0.15, 0.2) is 34.9 Å². The van der Waals surface area contributed by atoms with Gasteiger partial charge in [0.25, 0.3) is 5.91 Å². The lowest BCUT2D eigenvalue weighted by Crippen LogP contribution is -2.29. The first-order valence-electron chi connectivity index (χ1n) is 8.54. The minimum atomic E-state index is -0.983. The molecule has 0 saturated heterocycles. The van der Waals surface area contributed by atoms with Crippen LogP contribution in [-0.2, 0) is 14.3 Å². The summed E-state index contributed by atoms with van der Waals surface area (Å²) in [6.07, 6.45) is 2.68. The van der Waals surface area contributed by atoms with Crippen LogP contribution in [0.2, 0.25) is 0 Å². The van der Waals surface area contributed by atoms with Crippen LogP contribution in [0.25, 0.3) is 6.08 Å². The van der Waals surface area contributed by atoms with Crippen LogP contribution in [-0.4, -0.2) is 36.4 Å². The summed E-state index contributed by atoms with van der Waals surface area (Å²) < 4.78 is 21.1. The first-order chi connectivity index (χ1) is 13.0. The van der Waals surface area contributed by atoms with Crippen LogP contribution in [0.3, 0.4) is 0 Å². The Morgan fingerprint density at radius 3 is 2.74 bits per heavy atom. The first-order valence-corrected chi connectivity index (χ1v) is 8.54. The van der Waals surface area contributed by atoms with Crippen LogP contribution in [0.4, 0.5) is 5.82 Å². The van der Waals surface area contributed by atoms with E-state index >= 15 is 0 Å². The summed E-state index contributed by atoms with van der Waals surface area (Å²) in [6, 6.07) is 6.95. The molecule has 27 heavy (non-hydrogen) atoms. The Labute approximate surface area is 156 Å². The summed E-state index contributed by atoms with van der Waals surface area (Å²) >= 11 is 0. The lowest BCUT2D eigenvalue weighted by molar-refractivity contribution is -0.148. The fraction of sp³-hybridized carbons (Fsp3) is 0.316. The number of aromatic nitrogens is 1. The number of ether oxygens (including phenoxy) is 3. The predicted octanol–water partition coefficient (Wildman–Crippen LogP) is 2.73. The average molecular weight is 372 g/mol. The third-order valence-corrected chi connectivity index (χ3v) is 3.72. The smallest absolute Gasteiger partial charge is 0.331 e. The van der Waals surface area contributed by atoms with Crippen molar-refractivity contribution in [1.82, 2.24) is 5.16 Å². The van der Waals surface area contributed by atoms with Crippen molar-refractivity contribution >= 4 is 23.8 Å². The van der Waals surface area contributed by atoms with E-state index in [1.807, 2.05) is 0 Å². The predicted molar refractivity (Wildman–Crippen MR) is 96.5 cm³/mol. The summed E-state index contributed by atoms with van der Waals surface area (Å²) in [6.45, 7) is 4.38. The van der Waals surface area contributed by atoms with Crippen molar-refractivity contribution in [2.45, 2.75) is 26.4 Å². The molecule has 8 nitrogen and oxygen atoms in total. The van der Waals surface area contributed by atoms with E-state index in [-0.39, 0.29) is 5.82 Å². The molecule has 1 aromatic heterocycles. The standard InChI is InChI=1S/C19H20N2O6/c1-12-10-17(21-27-12)20-19(23)13(2)26-18(22)7-5-14-4-6-15-16(11-14)25-9-3-8-24-15/h4-7,10-11,13H,3,8-9H2,1-2H3,(H,20,21,23)/b7-5+/t13-/m0/s1. The number of nitrogens with zero attached hydrogens (tertiary/aromatic N) is 1. The van der Waals surface area contributed by atoms with Crippen molar-refractivity contribution in [3.63, 3.8) is 0 Å². The molecule has 8 heteroatoms. The van der Waals surface area contributed by atoms with Gasteiger partial charge in [0.2, 0.25) is 0 Å². The molecule has 0 aliphatic carbocycles. The molecule has 1 amide bonds. The molecule has 142 valence electrons. The van der Waals surface area contributed by atoms with Crippen LogP contribution in [0.1, 0.15) is 24.7 Å². The number of carbonyl (C=O) groups is 2. The van der Waals surface area contributed by atoms with E-state index in [4.69, 9.17) is 18.7 Å². The number of nitrogens with one attached hydrogen (secondary N) is 1. The van der Waals surface area contributed by atoms with Crippen LogP contribution in [0, 0.1) is 6.92 Å². The zero-order valence-corrected chi connectivity index (χ0v) is 15.1. The fourth-order valence-corrected chi connectivity index (χ4v) is 2.37. The van der Waals surface area contributed by atoms with E-state index in [1.165, 1.54) is 13.0 Å². The molecule has 0 unspecified atom stereocenters. The monoisotopic (exact) mass is 372 g/mol. The van der Waals surface area contributed by atoms with Crippen LogP contribution >= 0.6 is 0 Å². The molecule has 1 atom stereocenters. The second kappa shape index (κ2) is 8.39. The number of anilines is 1. The Balaban J connectivity index is 1.55. The maximum Gasteiger partial charge on any atom is 0.331 e. The van der Waals surface area contributed by atoms with Gasteiger partial charge in [-0.3, -0.25) is 4.79 Å². The molecule has 2 heterocycles. The molecule has 1 N–H and O–H groups in total. The van der Waals surface area contributed by atoms with E-state index in [2.05, 4.69) is 10.5 Å². The molecule has 1 aliphatic rings. The number of hydrogen-bond donors (Lipinski definition) is 1. The van der Waals surface area contributed by atoms with E-state index in [9.17, 15) is 9.59 Å². The third-order valence-electron chi connectivity index (χ3n) is 3.72. The summed E-state index contributed by atoms with van der Waals surface area (Å²) in [7, 11) is 0. The van der Waals surface area contributed by atoms with Gasteiger partial charge < -0.3 is 24.1 Å². The number of hydrogen-bond acceptors (Lipinski definition) is 7. The van der Waals surface area contributed by atoms with Crippen LogP contribution in [0.5, 0.6) is 11.5 Å². The number of amides is 1. The summed E-state index contributed by atoms with van der Waals surface area (Å²) in [5.41, 5.74) is 0.756. The van der Waals surface area contributed by atoms with Gasteiger partial charge in [0, 0.05) is 18.6 Å². The highest BCUT2D eigenvalue weighted by atomic mass is 16.5. The van der Waals surface area contributed by atoms with E-state index in [1.54, 1.807) is 37.3 Å². The van der Waals surface area contributed by atoms with Gasteiger partial charge in [0.15, 0.2) is 23.4 Å². The number of esters is 1. The van der Waals surface area contributed by atoms with Gasteiger partial charge in [0.1, 0.15) is 5.76 Å². The Bertz CT molecular complexity index is 858. The number of aryl methyl sites for hydroxylation is 1. The van der Waals surface area contributed by atoms with Gasteiger partial charge in [-0.25, -0.2) is 4.79 Å². The largest absolute Gasteiger partial charge is 0.490 e. The Kier molecular flexibility index (Phi) is 5.75. The normalized spacial score (nSPS) is 14.4. The molecular formula is C19H20N2O6. The lowest BCUT2D eigenvalue weighted by Gasteiger charge is -2.10. The lowest BCUT2D eigenvalue weighted by atomic mass is 10.2. The zero-order chi connectivity index (χ0) is 19.2. The van der Waals surface area contributed by atoms with E-state index < -0.39 is 18.0 Å². The van der Waals surface area contributed by atoms with Crippen LogP contribution < -0.4 is 14.8 Å². The van der Waals surface area contributed by atoms with Gasteiger partial charge in [0.05, 0.1) is 13.2 Å². The zero-order valence-electron chi connectivity index (χ0n) is 15.1. The Hall–Kier alpha value is -3.29. The molecule has 0 spiro atoms. The van der Waals surface area contributed by atoms with Gasteiger partial charge in [-0.2, -0.15) is 0 Å². The molecule has 3 rings (SSSR count). The van der Waals surface area contributed by atoms with Gasteiger partial charge in [-0.1, -0.05) is 11.2 Å². The molecule has 1 aromatic carbocycles. The van der Waals surface area contributed by atoms with Crippen molar-refractivity contribution in [3.05, 3.63) is 41.7 Å². The average Bonchev–Trinajstić information content (AvgIpc) is 2.91. The molecule has 0 saturated carbocycles. The second-order valence-corrected chi connectivity index (χ2v) is 5.98. The summed E-state index contributed by atoms with van der Waals surface area (Å²) in [4.78, 5) is 24.0. The quantitative estimate of drug-likeness (QED) is 0.636. The maximum atomic E-state index is 12.0. The maximum absolute atomic E-state index is 12.0. The molecule has 0 radical (unpaired) electrons. The van der Waals surface area contributed by atoms with Gasteiger partial charge in [-0.15, -0.1) is 0 Å². The molecule has 0 fully saturated rings. The highest BCUT2D eigenvalue weighted by Gasteiger charge is 2.18. The topological polar surface area (TPSA) is 99.9 Å². The van der Waals surface area contributed by atoms with Crippen molar-refractivity contribution < 1.29 is 28.3 Å². The second-order valence-electron chi connectivity index (χ2n) is 5.98. The Morgan fingerprint density at radius 1 is 1.22 bits per heavy atom. The molecule has 2 aromatic rings. The Morgan fingerprint density at radius 2 is 2.00 bits per heavy atom. The number of carbonyl (C=O) groups excluding carboxylic acids is 2. The van der Waals surface area contributed by atoms with Crippen molar-refractivity contribution in [2.75, 3.05) is 18.5 Å². The third kappa shape index (κ3) is 5.10. The van der Waals surface area contributed by atoms with Crippen molar-refractivity contribution in [2.24, 2.45) is 0 Å². The first kappa shape index (κ1) is 18.5. The fourth-order valence-electron chi connectivity index (χ4n) is 2.37. The SMILES string of the molecule is Cc1cc(NC(=O)[C@H](C)OC(=O)/C=C/c2ccc3c(c2)OCCCO3)no1. The summed E-state index contributed by atoms with van der Waals surface area (Å²) in [5, 5.41) is 6.16. The number of rotatable bonds is 5. The minimum Gasteiger partial charge on any atom is -0.490 e. The van der Waals surface area contributed by atoms with Gasteiger partial charge in [-0.05, 0) is 37.6 Å². The highest BCUT2D eigenvalue weighted by molar-refractivity contribution is 5.96. The van der Waals surface area contributed by atoms with Gasteiger partial charge >= 0.3 is 5.97 Å². The molecular weight excluding hydrogens is 352 g/mol. The summed E-state index contributed by atoms with van der Waals surface area (Å²) in [5.74, 6) is 1.01. The molecule has 1 aliphatic heterocycles. The highest BCUT2D eigenvalue weighted by Crippen LogP contribution is 2.30. The minimum absolute atomic E-state index is 0.267. The number of fused-ring (bicyclic) bond motifs is 1. The van der Waals surface area contributed by atoms with E-state index in [0.29, 0.717) is 30.5 Å². The number of benzene rings is 1. The van der Waals surface area contributed by atoms with Crippen molar-refractivity contribution in [3.8, 4) is 11.5 Å².